The van der Waals surface area contributed by atoms with Crippen molar-refractivity contribution >= 4 is 40.0 Å². The first kappa shape index (κ1) is 18.5. The Morgan fingerprint density at radius 3 is 2.85 bits per heavy atom. The van der Waals surface area contributed by atoms with Crippen LogP contribution in [0, 0.1) is 5.82 Å². The number of amides is 1. The van der Waals surface area contributed by atoms with E-state index >= 15 is 0 Å². The van der Waals surface area contributed by atoms with Crippen molar-refractivity contribution < 1.29 is 13.9 Å². The molecule has 0 atom stereocenters. The van der Waals surface area contributed by atoms with E-state index in [1.54, 1.807) is 6.07 Å². The zero-order chi connectivity index (χ0) is 19.6. The van der Waals surface area contributed by atoms with Crippen molar-refractivity contribution in [2.75, 3.05) is 19.0 Å². The molecule has 0 aromatic carbocycles. The second-order valence-electron chi connectivity index (χ2n) is 5.43. The Bertz CT molecular complexity index is 1090. The third-order valence-electron chi connectivity index (χ3n) is 3.63. The lowest BCUT2D eigenvalue weighted by molar-refractivity contribution is -0.122. The predicted molar refractivity (Wildman–Crippen MR) is 96.8 cm³/mol. The molecule has 0 saturated heterocycles. The van der Waals surface area contributed by atoms with Crippen molar-refractivity contribution in [3.05, 3.63) is 46.0 Å². The molecule has 2 N–H and O–H groups in total. The molecule has 0 aliphatic rings. The maximum absolute atomic E-state index is 13.8. The molecule has 0 unspecified atom stereocenters. The van der Waals surface area contributed by atoms with Gasteiger partial charge in [0.05, 0.1) is 18.1 Å². The minimum atomic E-state index is -0.686. The molecule has 3 aromatic heterocycles. The topological polar surface area (TPSA) is 111 Å². The molecule has 0 aliphatic carbocycles. The van der Waals surface area contributed by atoms with Crippen LogP contribution in [0.2, 0.25) is 5.28 Å². The number of fused-ring (bicyclic) bond motifs is 1. The molecular formula is C16H14ClFN6O3. The van der Waals surface area contributed by atoms with E-state index in [0.717, 1.165) is 6.20 Å². The van der Waals surface area contributed by atoms with Crippen LogP contribution >= 0.6 is 11.6 Å². The van der Waals surface area contributed by atoms with E-state index in [4.69, 9.17) is 16.3 Å². The van der Waals surface area contributed by atoms with E-state index in [9.17, 15) is 14.0 Å². The van der Waals surface area contributed by atoms with Crippen LogP contribution in [0.5, 0.6) is 5.75 Å². The molecule has 0 saturated carbocycles. The smallest absolute Gasteiger partial charge is 0.294 e. The van der Waals surface area contributed by atoms with Crippen LogP contribution in [0.25, 0.3) is 11.0 Å². The zero-order valence-electron chi connectivity index (χ0n) is 14.3. The predicted octanol–water partition coefficient (Wildman–Crippen LogP) is 1.38. The Morgan fingerprint density at radius 2 is 2.11 bits per heavy atom. The van der Waals surface area contributed by atoms with E-state index in [2.05, 4.69) is 25.6 Å². The highest BCUT2D eigenvalue weighted by Crippen LogP contribution is 2.22. The van der Waals surface area contributed by atoms with Gasteiger partial charge < -0.3 is 15.4 Å². The number of ether oxygens (including phenoxy) is 1. The minimum absolute atomic E-state index is 0.0104. The van der Waals surface area contributed by atoms with Gasteiger partial charge in [-0.25, -0.2) is 14.4 Å². The average molecular weight is 393 g/mol. The summed E-state index contributed by atoms with van der Waals surface area (Å²) in [7, 11) is 2.99. The summed E-state index contributed by atoms with van der Waals surface area (Å²) >= 11 is 5.68. The maximum Gasteiger partial charge on any atom is 0.294 e. The number of rotatable bonds is 5. The molecule has 27 heavy (non-hydrogen) atoms. The molecule has 9 nitrogen and oxygen atoms in total. The summed E-state index contributed by atoms with van der Waals surface area (Å²) < 4.78 is 20.4. The van der Waals surface area contributed by atoms with Crippen LogP contribution in [0.1, 0.15) is 0 Å². The lowest BCUT2D eigenvalue weighted by Gasteiger charge is -2.11. The Kier molecular flexibility index (Phi) is 5.17. The second-order valence-corrected chi connectivity index (χ2v) is 5.77. The van der Waals surface area contributed by atoms with Gasteiger partial charge in [0.15, 0.2) is 24.0 Å². The van der Waals surface area contributed by atoms with E-state index in [-0.39, 0.29) is 29.4 Å². The molecular weight excluding hydrogens is 379 g/mol. The Morgan fingerprint density at radius 1 is 1.33 bits per heavy atom. The number of aryl methyl sites for hydroxylation is 1. The summed E-state index contributed by atoms with van der Waals surface area (Å²) in [6.45, 7) is -0.298. The molecule has 0 fully saturated rings. The number of nitrogens with one attached hydrogen (secondary N) is 2. The first-order chi connectivity index (χ1) is 12.9. The number of nitrogens with zero attached hydrogens (tertiary/aromatic N) is 4. The molecule has 11 heteroatoms. The largest absolute Gasteiger partial charge is 0.478 e. The standard InChI is InChI=1S/C16H14ClFN6O3/c1-19-12(25)7-27-11-4-8-3-9(5-20-14(8)24(2)15(11)26)22-13-10(18)6-21-16(17)23-13/h3-6H,7H2,1-2H3,(H,19,25)(H,21,22,23). The molecule has 3 heterocycles. The fourth-order valence-corrected chi connectivity index (χ4v) is 2.42. The fourth-order valence-electron chi connectivity index (χ4n) is 2.28. The quantitative estimate of drug-likeness (QED) is 0.631. The van der Waals surface area contributed by atoms with Crippen molar-refractivity contribution in [3.8, 4) is 5.75 Å². The van der Waals surface area contributed by atoms with Gasteiger partial charge in [-0.3, -0.25) is 14.2 Å². The average Bonchev–Trinajstić information content (AvgIpc) is 2.66. The number of anilines is 2. The minimum Gasteiger partial charge on any atom is -0.478 e. The fraction of sp³-hybridized carbons (Fsp3) is 0.188. The number of hydrogen-bond acceptors (Lipinski definition) is 7. The van der Waals surface area contributed by atoms with Gasteiger partial charge in [0.1, 0.15) is 5.65 Å². The first-order valence-electron chi connectivity index (χ1n) is 7.67. The number of pyridine rings is 2. The van der Waals surface area contributed by atoms with Gasteiger partial charge in [-0.1, -0.05) is 0 Å². The van der Waals surface area contributed by atoms with Crippen LogP contribution in [0.3, 0.4) is 0 Å². The van der Waals surface area contributed by atoms with Gasteiger partial charge in [0, 0.05) is 19.5 Å². The van der Waals surface area contributed by atoms with Crippen LogP contribution in [-0.2, 0) is 11.8 Å². The van der Waals surface area contributed by atoms with Gasteiger partial charge in [-0.2, -0.15) is 4.98 Å². The molecule has 0 spiro atoms. The highest BCUT2D eigenvalue weighted by Gasteiger charge is 2.12. The third kappa shape index (κ3) is 3.95. The second kappa shape index (κ2) is 7.54. The summed E-state index contributed by atoms with van der Waals surface area (Å²) in [4.78, 5) is 35.2. The third-order valence-corrected chi connectivity index (χ3v) is 3.81. The monoisotopic (exact) mass is 392 g/mol. The van der Waals surface area contributed by atoms with Crippen LogP contribution < -0.4 is 20.9 Å². The first-order valence-corrected chi connectivity index (χ1v) is 8.05. The van der Waals surface area contributed by atoms with Gasteiger partial charge in [-0.05, 0) is 23.7 Å². The van der Waals surface area contributed by atoms with Crippen molar-refractivity contribution in [2.45, 2.75) is 0 Å². The molecule has 3 aromatic rings. The van der Waals surface area contributed by atoms with E-state index in [0.29, 0.717) is 16.7 Å². The normalized spacial score (nSPS) is 10.7. The Balaban J connectivity index is 1.98. The van der Waals surface area contributed by atoms with Crippen molar-refractivity contribution in [2.24, 2.45) is 7.05 Å². The number of hydrogen-bond donors (Lipinski definition) is 2. The van der Waals surface area contributed by atoms with Gasteiger partial charge in [0.2, 0.25) is 5.28 Å². The number of likely N-dealkylation sites (N-methyl/N-ethyl adjacent to an activating group) is 1. The number of aromatic nitrogens is 4. The van der Waals surface area contributed by atoms with Crippen molar-refractivity contribution in [1.29, 1.82) is 0 Å². The summed E-state index contributed by atoms with van der Waals surface area (Å²) in [6.07, 6.45) is 2.36. The Labute approximate surface area is 157 Å². The van der Waals surface area contributed by atoms with Gasteiger partial charge in [-0.15, -0.1) is 0 Å². The van der Waals surface area contributed by atoms with Crippen LogP contribution in [0.15, 0.2) is 29.3 Å². The SMILES string of the molecule is CNC(=O)COc1cc2cc(Nc3nc(Cl)ncc3F)cnc2n(C)c1=O. The maximum atomic E-state index is 13.8. The summed E-state index contributed by atoms with van der Waals surface area (Å²) in [5, 5.41) is 5.58. The molecule has 0 radical (unpaired) electrons. The van der Waals surface area contributed by atoms with Gasteiger partial charge in [0.25, 0.3) is 11.5 Å². The molecule has 0 aliphatic heterocycles. The summed E-state index contributed by atoms with van der Waals surface area (Å²) in [5.74, 6) is -1.18. The molecule has 140 valence electrons. The van der Waals surface area contributed by atoms with Crippen LogP contribution in [0.4, 0.5) is 15.9 Å². The summed E-state index contributed by atoms with van der Waals surface area (Å²) in [6, 6.07) is 3.09. The highest BCUT2D eigenvalue weighted by molar-refractivity contribution is 6.28. The zero-order valence-corrected chi connectivity index (χ0v) is 15.0. The van der Waals surface area contributed by atoms with E-state index < -0.39 is 11.4 Å². The Hall–Kier alpha value is -3.27. The van der Waals surface area contributed by atoms with Gasteiger partial charge >= 0.3 is 0 Å². The molecule has 0 bridgehead atoms. The van der Waals surface area contributed by atoms with Crippen molar-refractivity contribution in [1.82, 2.24) is 24.8 Å². The lowest BCUT2D eigenvalue weighted by atomic mass is 10.2. The molecule has 1 amide bonds. The van der Waals surface area contributed by atoms with Crippen molar-refractivity contribution in [3.63, 3.8) is 0 Å². The number of carbonyl (C=O) groups is 1. The number of halogens is 2. The number of carbonyl (C=O) groups excluding carboxylic acids is 1. The highest BCUT2D eigenvalue weighted by atomic mass is 35.5. The summed E-state index contributed by atoms with van der Waals surface area (Å²) in [5.41, 5.74) is 0.361. The van der Waals surface area contributed by atoms with E-state index in [1.165, 1.54) is 30.9 Å². The lowest BCUT2D eigenvalue weighted by Crippen LogP contribution is -2.28. The van der Waals surface area contributed by atoms with Crippen LogP contribution in [-0.4, -0.2) is 39.1 Å². The molecule has 3 rings (SSSR count). The van der Waals surface area contributed by atoms with E-state index in [1.807, 2.05) is 0 Å².